The lowest BCUT2D eigenvalue weighted by molar-refractivity contribution is -0.120. The van der Waals surface area contributed by atoms with Gasteiger partial charge in [-0.05, 0) is 43.2 Å². The smallest absolute Gasteiger partial charge is 0.244 e. The van der Waals surface area contributed by atoms with Crippen molar-refractivity contribution in [3.05, 3.63) is 58.3 Å². The Bertz CT molecular complexity index is 961. The van der Waals surface area contributed by atoms with Crippen molar-refractivity contribution in [3.8, 4) is 0 Å². The van der Waals surface area contributed by atoms with Crippen LogP contribution in [0.3, 0.4) is 0 Å². The van der Waals surface area contributed by atoms with Gasteiger partial charge in [-0.25, -0.2) is 12.8 Å². The van der Waals surface area contributed by atoms with Gasteiger partial charge in [0.05, 0.1) is 10.7 Å². The van der Waals surface area contributed by atoms with Gasteiger partial charge < -0.3 is 5.32 Å². The third-order valence-corrected chi connectivity index (χ3v) is 7.08. The van der Waals surface area contributed by atoms with Gasteiger partial charge in [0.1, 0.15) is 10.7 Å². The highest BCUT2D eigenvalue weighted by Crippen LogP contribution is 2.30. The second kappa shape index (κ2) is 8.14. The Hall–Kier alpha value is -1.67. The average Bonchev–Trinajstić information content (AvgIpc) is 2.65. The van der Waals surface area contributed by atoms with Crippen LogP contribution < -0.4 is 5.32 Å². The molecule has 5 nitrogen and oxygen atoms in total. The van der Waals surface area contributed by atoms with Gasteiger partial charge >= 0.3 is 0 Å². The van der Waals surface area contributed by atoms with Crippen molar-refractivity contribution in [2.24, 2.45) is 5.92 Å². The molecule has 0 saturated carbocycles. The molecule has 2 aromatic rings. The van der Waals surface area contributed by atoms with E-state index in [1.807, 2.05) is 0 Å². The minimum Gasteiger partial charge on any atom is -0.323 e. The lowest BCUT2D eigenvalue weighted by Crippen LogP contribution is -2.41. The second-order valence-electron chi connectivity index (χ2n) is 6.22. The van der Waals surface area contributed by atoms with Crippen LogP contribution in [0.1, 0.15) is 12.8 Å². The topological polar surface area (TPSA) is 66.5 Å². The summed E-state index contributed by atoms with van der Waals surface area (Å²) in [5.41, 5.74) is 0.114. The van der Waals surface area contributed by atoms with E-state index in [-0.39, 0.29) is 39.6 Å². The van der Waals surface area contributed by atoms with Gasteiger partial charge in [0.25, 0.3) is 0 Å². The molecule has 1 aliphatic rings. The molecule has 1 fully saturated rings. The zero-order valence-electron chi connectivity index (χ0n) is 14.2. The molecule has 1 N–H and O–H groups in total. The van der Waals surface area contributed by atoms with Gasteiger partial charge in [0, 0.05) is 24.0 Å². The SMILES string of the molecule is O=C(Nc1ccccc1F)C1CCN(S(=O)(=O)c2cc(Cl)ccc2Cl)CC1. The number of para-hydroxylation sites is 1. The van der Waals surface area contributed by atoms with Gasteiger partial charge in [0.2, 0.25) is 15.9 Å². The summed E-state index contributed by atoms with van der Waals surface area (Å²) in [6.45, 7) is 0.334. The molecule has 1 heterocycles. The molecule has 0 unspecified atom stereocenters. The number of benzene rings is 2. The largest absolute Gasteiger partial charge is 0.323 e. The molecule has 0 spiro atoms. The number of hydrogen-bond donors (Lipinski definition) is 1. The Balaban J connectivity index is 1.67. The van der Waals surface area contributed by atoms with Crippen LogP contribution in [0.15, 0.2) is 47.4 Å². The molecule has 0 bridgehead atoms. The Kier molecular flexibility index (Phi) is 6.05. The summed E-state index contributed by atoms with van der Waals surface area (Å²) < 4.78 is 40.6. The Morgan fingerprint density at radius 3 is 2.44 bits per heavy atom. The molecule has 144 valence electrons. The number of carbonyl (C=O) groups is 1. The number of carbonyl (C=O) groups excluding carboxylic acids is 1. The first-order chi connectivity index (χ1) is 12.8. The van der Waals surface area contributed by atoms with Crippen LogP contribution in [0, 0.1) is 11.7 Å². The van der Waals surface area contributed by atoms with Gasteiger partial charge in [-0.1, -0.05) is 35.3 Å². The predicted octanol–water partition coefficient (Wildman–Crippen LogP) is 4.17. The zero-order valence-corrected chi connectivity index (χ0v) is 16.5. The van der Waals surface area contributed by atoms with Gasteiger partial charge in [-0.2, -0.15) is 4.31 Å². The number of halogens is 3. The van der Waals surface area contributed by atoms with Crippen molar-refractivity contribution in [3.63, 3.8) is 0 Å². The van der Waals surface area contributed by atoms with Crippen LogP contribution in [-0.4, -0.2) is 31.7 Å². The van der Waals surface area contributed by atoms with Crippen molar-refractivity contribution in [1.82, 2.24) is 4.31 Å². The van der Waals surface area contributed by atoms with Crippen molar-refractivity contribution >= 4 is 44.8 Å². The second-order valence-corrected chi connectivity index (χ2v) is 8.97. The van der Waals surface area contributed by atoms with E-state index >= 15 is 0 Å². The van der Waals surface area contributed by atoms with E-state index in [1.54, 1.807) is 6.07 Å². The summed E-state index contributed by atoms with van der Waals surface area (Å²) in [4.78, 5) is 12.3. The standard InChI is InChI=1S/C18H17Cl2FN2O3S/c19-13-5-6-14(20)17(11-13)27(25,26)23-9-7-12(8-10-23)18(24)22-16-4-2-1-3-15(16)21/h1-6,11-12H,7-10H2,(H,22,24). The van der Waals surface area contributed by atoms with Crippen LogP contribution in [0.4, 0.5) is 10.1 Å². The van der Waals surface area contributed by atoms with E-state index in [0.29, 0.717) is 12.8 Å². The Morgan fingerprint density at radius 1 is 1.11 bits per heavy atom. The maximum absolute atomic E-state index is 13.7. The number of sulfonamides is 1. The first-order valence-electron chi connectivity index (χ1n) is 8.29. The van der Waals surface area contributed by atoms with E-state index in [4.69, 9.17) is 23.2 Å². The molecule has 2 aromatic carbocycles. The van der Waals surface area contributed by atoms with Gasteiger partial charge in [0.15, 0.2) is 0 Å². The fraction of sp³-hybridized carbons (Fsp3) is 0.278. The van der Waals surface area contributed by atoms with Gasteiger partial charge in [-0.15, -0.1) is 0 Å². The average molecular weight is 431 g/mol. The molecule has 1 saturated heterocycles. The highest BCUT2D eigenvalue weighted by Gasteiger charge is 2.33. The summed E-state index contributed by atoms with van der Waals surface area (Å²) >= 11 is 11.9. The minimum absolute atomic E-state index is 0.0501. The Labute approximate surface area is 167 Å². The molecular formula is C18H17Cl2FN2O3S. The minimum atomic E-state index is -3.80. The third kappa shape index (κ3) is 4.43. The fourth-order valence-corrected chi connectivity index (χ4v) is 5.18. The molecule has 1 aliphatic heterocycles. The van der Waals surface area contributed by atoms with Crippen LogP contribution in [0.5, 0.6) is 0 Å². The van der Waals surface area contributed by atoms with E-state index in [9.17, 15) is 17.6 Å². The molecule has 27 heavy (non-hydrogen) atoms. The summed E-state index contributed by atoms with van der Waals surface area (Å²) in [6, 6.07) is 10.2. The van der Waals surface area contributed by atoms with Crippen molar-refractivity contribution in [1.29, 1.82) is 0 Å². The maximum Gasteiger partial charge on any atom is 0.244 e. The Morgan fingerprint density at radius 2 is 1.78 bits per heavy atom. The number of nitrogens with zero attached hydrogens (tertiary/aromatic N) is 1. The number of rotatable bonds is 4. The first-order valence-corrected chi connectivity index (χ1v) is 10.5. The first kappa shape index (κ1) is 20.1. The third-order valence-electron chi connectivity index (χ3n) is 4.47. The normalized spacial score (nSPS) is 16.3. The lowest BCUT2D eigenvalue weighted by atomic mass is 9.97. The van der Waals surface area contributed by atoms with E-state index in [1.165, 1.54) is 40.7 Å². The molecule has 9 heteroatoms. The van der Waals surface area contributed by atoms with Crippen molar-refractivity contribution < 1.29 is 17.6 Å². The molecule has 0 atom stereocenters. The maximum atomic E-state index is 13.7. The van der Waals surface area contributed by atoms with Crippen LogP contribution in [0.25, 0.3) is 0 Å². The summed E-state index contributed by atoms with van der Waals surface area (Å²) in [5.74, 6) is -1.23. The van der Waals surface area contributed by atoms with Crippen LogP contribution in [-0.2, 0) is 14.8 Å². The lowest BCUT2D eigenvalue weighted by Gasteiger charge is -2.30. The summed E-state index contributed by atoms with van der Waals surface area (Å²) in [6.07, 6.45) is 0.662. The summed E-state index contributed by atoms with van der Waals surface area (Å²) in [5, 5.41) is 2.93. The molecule has 3 rings (SSSR count). The molecular weight excluding hydrogens is 414 g/mol. The van der Waals surface area contributed by atoms with Crippen LogP contribution >= 0.6 is 23.2 Å². The van der Waals surface area contributed by atoms with Crippen molar-refractivity contribution in [2.75, 3.05) is 18.4 Å². The van der Waals surface area contributed by atoms with Gasteiger partial charge in [-0.3, -0.25) is 4.79 Å². The summed E-state index contributed by atoms with van der Waals surface area (Å²) in [7, 11) is -3.80. The van der Waals surface area contributed by atoms with E-state index in [2.05, 4.69) is 5.32 Å². The van der Waals surface area contributed by atoms with E-state index < -0.39 is 21.8 Å². The number of hydrogen-bond acceptors (Lipinski definition) is 3. The zero-order chi connectivity index (χ0) is 19.6. The molecule has 0 radical (unpaired) electrons. The fourth-order valence-electron chi connectivity index (χ4n) is 2.97. The number of nitrogens with one attached hydrogen (secondary N) is 1. The predicted molar refractivity (Wildman–Crippen MR) is 103 cm³/mol. The molecule has 0 aromatic heterocycles. The molecule has 0 aliphatic carbocycles. The molecule has 1 amide bonds. The highest BCUT2D eigenvalue weighted by molar-refractivity contribution is 7.89. The quantitative estimate of drug-likeness (QED) is 0.790. The highest BCUT2D eigenvalue weighted by atomic mass is 35.5. The number of anilines is 1. The number of amides is 1. The number of piperidine rings is 1. The van der Waals surface area contributed by atoms with E-state index in [0.717, 1.165) is 0 Å². The van der Waals surface area contributed by atoms with Crippen molar-refractivity contribution in [2.45, 2.75) is 17.7 Å². The van der Waals surface area contributed by atoms with Crippen LogP contribution in [0.2, 0.25) is 10.0 Å². The monoisotopic (exact) mass is 430 g/mol.